The van der Waals surface area contributed by atoms with Crippen molar-refractivity contribution in [2.75, 3.05) is 0 Å². The van der Waals surface area contributed by atoms with Crippen LogP contribution < -0.4 is 0 Å². The SMILES string of the molecule is [B][B]/C=C\[B][B]. The fraction of sp³-hybridized carbons (Fsp3) is 0. The molecule has 0 aliphatic rings. The molecule has 0 aromatic carbocycles. The second-order valence-electron chi connectivity index (χ2n) is 0.770. The van der Waals surface area contributed by atoms with Gasteiger partial charge in [-0.25, -0.2) is 0 Å². The van der Waals surface area contributed by atoms with Gasteiger partial charge in [0.1, 0.15) is 0 Å². The van der Waals surface area contributed by atoms with Gasteiger partial charge < -0.3 is 0 Å². The van der Waals surface area contributed by atoms with E-state index in [1.807, 2.05) is 0 Å². The van der Waals surface area contributed by atoms with Crippen molar-refractivity contribution in [3.05, 3.63) is 12.0 Å². The van der Waals surface area contributed by atoms with Crippen molar-refractivity contribution in [2.24, 2.45) is 0 Å². The largest absolute Gasteiger partial charge is 0.147 e. The summed E-state index contributed by atoms with van der Waals surface area (Å²) in [5.74, 6) is 3.31. The van der Waals surface area contributed by atoms with E-state index in [9.17, 15) is 0 Å². The number of hydrogen-bond acceptors (Lipinski definition) is 0. The summed E-state index contributed by atoms with van der Waals surface area (Å²) in [7, 11) is 12.7. The summed E-state index contributed by atoms with van der Waals surface area (Å²) in [4.78, 5) is 0. The fourth-order valence-corrected chi connectivity index (χ4v) is 0.128. The van der Waals surface area contributed by atoms with Crippen molar-refractivity contribution in [1.82, 2.24) is 0 Å². The van der Waals surface area contributed by atoms with Gasteiger partial charge in [-0.3, -0.25) is 0 Å². The van der Waals surface area contributed by atoms with E-state index in [0.29, 0.717) is 0 Å². The highest BCUT2D eigenvalue weighted by Crippen LogP contribution is 1.56. The molecule has 0 bridgehead atoms. The van der Waals surface area contributed by atoms with Gasteiger partial charge in [-0.1, -0.05) is 0 Å². The first-order valence-electron chi connectivity index (χ1n) is 1.67. The highest BCUT2D eigenvalue weighted by molar-refractivity contribution is 6.96. The molecule has 6 heavy (non-hydrogen) atoms. The molecule has 0 saturated carbocycles. The second kappa shape index (κ2) is 5.00. The first-order valence-corrected chi connectivity index (χ1v) is 1.67. The van der Waals surface area contributed by atoms with Crippen LogP contribution in [0.15, 0.2) is 12.0 Å². The molecule has 0 atom stereocenters. The van der Waals surface area contributed by atoms with Crippen LogP contribution in [0.25, 0.3) is 0 Å². The summed E-state index contributed by atoms with van der Waals surface area (Å²) >= 11 is 0. The lowest BCUT2D eigenvalue weighted by molar-refractivity contribution is 2.47. The molecule has 0 nitrogen and oxygen atoms in total. The molecule has 0 saturated heterocycles. The van der Waals surface area contributed by atoms with Crippen LogP contribution in [-0.2, 0) is 0 Å². The van der Waals surface area contributed by atoms with Gasteiger partial charge in [-0.15, -0.1) is 12.0 Å². The maximum atomic E-state index is 4.93. The maximum absolute atomic E-state index is 4.93. The van der Waals surface area contributed by atoms with Gasteiger partial charge in [0.2, 0.25) is 0 Å². The molecule has 22 valence electrons. The molecule has 0 aromatic rings. The van der Waals surface area contributed by atoms with Crippen molar-refractivity contribution >= 4 is 29.8 Å². The Kier molecular flexibility index (Phi) is 5.00. The standard InChI is InChI=1S/C2H2B4/c3-5-1-2-6-4/h1-2H/b2-1-. The molecule has 4 heteroatoms. The van der Waals surface area contributed by atoms with E-state index >= 15 is 0 Å². The Balaban J connectivity index is 2.73. The average molecular weight is 69.3 g/mol. The van der Waals surface area contributed by atoms with E-state index in [-0.39, 0.29) is 0 Å². The zero-order valence-electron chi connectivity index (χ0n) is 3.46. The topological polar surface area (TPSA) is 0 Å². The molecule has 6 radical (unpaired) electrons. The second-order valence-corrected chi connectivity index (χ2v) is 0.770. The molecular weight excluding hydrogens is 67.3 g/mol. The molecule has 0 N–H and O–H groups in total. The van der Waals surface area contributed by atoms with Crippen LogP contribution in [0.5, 0.6) is 0 Å². The zero-order valence-corrected chi connectivity index (χ0v) is 3.46. The van der Waals surface area contributed by atoms with Crippen molar-refractivity contribution in [3.8, 4) is 0 Å². The van der Waals surface area contributed by atoms with Gasteiger partial charge in [0.15, 0.2) is 0 Å². The van der Waals surface area contributed by atoms with Crippen molar-refractivity contribution in [3.63, 3.8) is 0 Å². The van der Waals surface area contributed by atoms with Crippen LogP contribution in [-0.4, -0.2) is 29.8 Å². The Morgan fingerprint density at radius 1 is 1.00 bits per heavy atom. The Labute approximate surface area is 42.7 Å². The molecular formula is C2H2B4. The van der Waals surface area contributed by atoms with Gasteiger partial charge in [-0.05, 0) is 0 Å². The number of hydrogen-bond donors (Lipinski definition) is 0. The third-order valence-corrected chi connectivity index (χ3v) is 0.333. The lowest BCUT2D eigenvalue weighted by atomic mass is 9.50. The predicted octanol–water partition coefficient (Wildman–Crippen LogP) is -0.967. The molecule has 0 unspecified atom stereocenters. The molecule has 0 fully saturated rings. The van der Waals surface area contributed by atoms with Crippen LogP contribution in [0, 0.1) is 0 Å². The monoisotopic (exact) mass is 70.1 g/mol. The average Bonchev–Trinajstić information content (AvgIpc) is 1.61. The van der Waals surface area contributed by atoms with Gasteiger partial charge >= 0.3 is 0 Å². The minimum atomic E-state index is 1.42. The van der Waals surface area contributed by atoms with E-state index in [0.717, 1.165) is 0 Å². The molecule has 0 spiro atoms. The molecule has 0 amide bonds. The fourth-order valence-electron chi connectivity index (χ4n) is 0.128. The Morgan fingerprint density at radius 3 is 1.50 bits per heavy atom. The van der Waals surface area contributed by atoms with Gasteiger partial charge in [0.05, 0.1) is 14.3 Å². The Hall–Kier alpha value is -0.000260. The van der Waals surface area contributed by atoms with Crippen LogP contribution in [0.2, 0.25) is 0 Å². The normalized spacial score (nSPS) is 8.67. The van der Waals surface area contributed by atoms with Crippen LogP contribution in [0.1, 0.15) is 0 Å². The van der Waals surface area contributed by atoms with Gasteiger partial charge in [0.25, 0.3) is 0 Å². The predicted molar refractivity (Wildman–Crippen MR) is 32.2 cm³/mol. The van der Waals surface area contributed by atoms with Crippen LogP contribution in [0.3, 0.4) is 0 Å². The van der Waals surface area contributed by atoms with Crippen molar-refractivity contribution < 1.29 is 0 Å². The molecule has 0 heterocycles. The van der Waals surface area contributed by atoms with E-state index in [2.05, 4.69) is 0 Å². The molecule has 0 aliphatic carbocycles. The smallest absolute Gasteiger partial charge is 0.0840 e. The van der Waals surface area contributed by atoms with E-state index in [1.54, 1.807) is 12.0 Å². The molecule has 0 aliphatic heterocycles. The van der Waals surface area contributed by atoms with E-state index < -0.39 is 0 Å². The maximum Gasteiger partial charge on any atom is 0.0840 e. The van der Waals surface area contributed by atoms with E-state index in [4.69, 9.17) is 15.5 Å². The lowest BCUT2D eigenvalue weighted by Crippen LogP contribution is -1.84. The summed E-state index contributed by atoms with van der Waals surface area (Å²) in [5.41, 5.74) is 0. The van der Waals surface area contributed by atoms with Crippen molar-refractivity contribution in [2.45, 2.75) is 0 Å². The summed E-state index contributed by atoms with van der Waals surface area (Å²) < 4.78 is 0. The van der Waals surface area contributed by atoms with E-state index in [1.165, 1.54) is 14.3 Å². The van der Waals surface area contributed by atoms with Crippen LogP contribution in [0.4, 0.5) is 0 Å². The Morgan fingerprint density at radius 2 is 1.33 bits per heavy atom. The number of rotatable bonds is 2. The Bertz CT molecular complexity index is 34.8. The zero-order chi connectivity index (χ0) is 4.83. The van der Waals surface area contributed by atoms with Crippen molar-refractivity contribution in [1.29, 1.82) is 0 Å². The minimum absolute atomic E-state index is 1.42. The first kappa shape index (κ1) is 6.00. The molecule has 0 rings (SSSR count). The minimum Gasteiger partial charge on any atom is -0.147 e. The van der Waals surface area contributed by atoms with Gasteiger partial charge in [0, 0.05) is 15.5 Å². The highest BCUT2D eigenvalue weighted by atomic mass is 13.2. The molecule has 0 aromatic heterocycles. The first-order chi connectivity index (χ1) is 2.91. The lowest BCUT2D eigenvalue weighted by Gasteiger charge is -1.69. The summed E-state index contributed by atoms with van der Waals surface area (Å²) in [6, 6.07) is 0. The quantitative estimate of drug-likeness (QED) is 0.366. The highest BCUT2D eigenvalue weighted by Gasteiger charge is 1.64. The van der Waals surface area contributed by atoms with Crippen LogP contribution >= 0.6 is 0 Å². The van der Waals surface area contributed by atoms with Gasteiger partial charge in [-0.2, -0.15) is 0 Å². The summed E-state index contributed by atoms with van der Waals surface area (Å²) in [6.07, 6.45) is 0. The third-order valence-electron chi connectivity index (χ3n) is 0.333. The summed E-state index contributed by atoms with van der Waals surface area (Å²) in [6.45, 7) is 0. The summed E-state index contributed by atoms with van der Waals surface area (Å²) in [5, 5.41) is 0. The third kappa shape index (κ3) is 4.00.